The van der Waals surface area contributed by atoms with Crippen molar-refractivity contribution < 1.29 is 14.6 Å². The second-order valence-corrected chi connectivity index (χ2v) is 5.51. The molecule has 0 radical (unpaired) electrons. The fraction of sp³-hybridized carbons (Fsp3) is 0.562. The molecule has 0 fully saturated rings. The van der Waals surface area contributed by atoms with Crippen molar-refractivity contribution >= 4 is 5.91 Å². The van der Waals surface area contributed by atoms with E-state index >= 15 is 0 Å². The Hall–Kier alpha value is -1.55. The van der Waals surface area contributed by atoms with Gasteiger partial charge in [-0.25, -0.2) is 0 Å². The van der Waals surface area contributed by atoms with Crippen molar-refractivity contribution in [2.45, 2.75) is 38.2 Å². The Morgan fingerprint density at radius 2 is 2.25 bits per heavy atom. The van der Waals surface area contributed by atoms with Gasteiger partial charge in [-0.15, -0.1) is 0 Å². The average molecular weight is 277 g/mol. The van der Waals surface area contributed by atoms with Gasteiger partial charge in [0, 0.05) is 20.5 Å². The summed E-state index contributed by atoms with van der Waals surface area (Å²) >= 11 is 0. The normalized spacial score (nSPS) is 17.4. The lowest BCUT2D eigenvalue weighted by molar-refractivity contribution is -0.128. The third-order valence-corrected chi connectivity index (χ3v) is 3.70. The molecule has 1 amide bonds. The minimum absolute atomic E-state index is 0.120. The summed E-state index contributed by atoms with van der Waals surface area (Å²) in [5, 5.41) is 9.99. The van der Waals surface area contributed by atoms with E-state index < -0.39 is 0 Å². The summed E-state index contributed by atoms with van der Waals surface area (Å²) in [6, 6.07) is 5.93. The molecule has 0 heterocycles. The molecule has 4 nitrogen and oxygen atoms in total. The minimum Gasteiger partial charge on any atom is -0.494 e. The number of aliphatic hydroxyl groups excluding tert-OH is 1. The lowest BCUT2D eigenvalue weighted by atomic mass is 9.89. The molecule has 20 heavy (non-hydrogen) atoms. The van der Waals surface area contributed by atoms with Gasteiger partial charge in [0.1, 0.15) is 5.75 Å². The van der Waals surface area contributed by atoms with Crippen LogP contribution in [0.15, 0.2) is 18.2 Å². The maximum atomic E-state index is 11.4. The summed E-state index contributed by atoms with van der Waals surface area (Å²) in [6.45, 7) is 0.522. The topological polar surface area (TPSA) is 49.8 Å². The summed E-state index contributed by atoms with van der Waals surface area (Å²) < 4.78 is 5.67. The Bertz CT molecular complexity index is 471. The molecule has 1 aromatic rings. The molecular formula is C16H23NO3. The molecule has 0 saturated carbocycles. The van der Waals surface area contributed by atoms with Crippen LogP contribution in [0.2, 0.25) is 0 Å². The van der Waals surface area contributed by atoms with Crippen LogP contribution < -0.4 is 4.74 Å². The number of aryl methyl sites for hydroxylation is 1. The largest absolute Gasteiger partial charge is 0.494 e. The molecule has 1 aromatic carbocycles. The van der Waals surface area contributed by atoms with Gasteiger partial charge in [0.05, 0.1) is 12.7 Å². The molecule has 1 aliphatic rings. The van der Waals surface area contributed by atoms with E-state index in [-0.39, 0.29) is 12.0 Å². The summed E-state index contributed by atoms with van der Waals surface area (Å²) in [6.07, 6.45) is 3.74. The van der Waals surface area contributed by atoms with Gasteiger partial charge in [-0.1, -0.05) is 6.07 Å². The number of ether oxygens (including phenoxy) is 1. The van der Waals surface area contributed by atoms with Crippen LogP contribution in [0, 0.1) is 0 Å². The maximum Gasteiger partial charge on any atom is 0.222 e. The average Bonchev–Trinajstić information content (AvgIpc) is 2.44. The molecule has 0 spiro atoms. The van der Waals surface area contributed by atoms with Gasteiger partial charge in [0.15, 0.2) is 0 Å². The van der Waals surface area contributed by atoms with Gasteiger partial charge in [-0.3, -0.25) is 4.79 Å². The van der Waals surface area contributed by atoms with Gasteiger partial charge in [-0.05, 0) is 48.9 Å². The number of fused-ring (bicyclic) bond motifs is 1. The van der Waals surface area contributed by atoms with Crippen LogP contribution in [-0.2, 0) is 11.2 Å². The first-order valence-corrected chi connectivity index (χ1v) is 7.22. The number of hydrogen-bond donors (Lipinski definition) is 1. The number of hydrogen-bond acceptors (Lipinski definition) is 3. The van der Waals surface area contributed by atoms with Crippen LogP contribution in [0.1, 0.15) is 42.9 Å². The van der Waals surface area contributed by atoms with Crippen molar-refractivity contribution in [2.75, 3.05) is 20.7 Å². The van der Waals surface area contributed by atoms with Crippen molar-refractivity contribution in [1.82, 2.24) is 4.90 Å². The highest BCUT2D eigenvalue weighted by atomic mass is 16.5. The molecule has 1 atom stereocenters. The van der Waals surface area contributed by atoms with E-state index in [0.29, 0.717) is 19.4 Å². The van der Waals surface area contributed by atoms with E-state index in [4.69, 9.17) is 4.74 Å². The van der Waals surface area contributed by atoms with Gasteiger partial charge < -0.3 is 14.7 Å². The van der Waals surface area contributed by atoms with E-state index in [2.05, 4.69) is 0 Å². The monoisotopic (exact) mass is 277 g/mol. The second-order valence-electron chi connectivity index (χ2n) is 5.51. The van der Waals surface area contributed by atoms with Crippen LogP contribution in [0.25, 0.3) is 0 Å². The first-order valence-electron chi connectivity index (χ1n) is 7.22. The molecule has 0 aromatic heterocycles. The SMILES string of the molecule is CN(C)C(=O)CCCOc1ccc2c(c1)[C@@H](O)CCC2. The highest BCUT2D eigenvalue weighted by Gasteiger charge is 2.18. The third kappa shape index (κ3) is 3.73. The number of nitrogens with zero attached hydrogens (tertiary/aromatic N) is 1. The molecule has 1 N–H and O–H groups in total. The van der Waals surface area contributed by atoms with Gasteiger partial charge in [0.2, 0.25) is 5.91 Å². The summed E-state index contributed by atoms with van der Waals surface area (Å²) in [5.74, 6) is 0.900. The predicted molar refractivity (Wildman–Crippen MR) is 77.8 cm³/mol. The summed E-state index contributed by atoms with van der Waals surface area (Å²) in [7, 11) is 3.52. The molecule has 2 rings (SSSR count). The molecule has 110 valence electrons. The summed E-state index contributed by atoms with van der Waals surface area (Å²) in [5.41, 5.74) is 2.22. The van der Waals surface area contributed by atoms with Crippen LogP contribution in [0.4, 0.5) is 0 Å². The smallest absolute Gasteiger partial charge is 0.222 e. The van der Waals surface area contributed by atoms with Gasteiger partial charge in [-0.2, -0.15) is 0 Å². The van der Waals surface area contributed by atoms with Gasteiger partial charge >= 0.3 is 0 Å². The Balaban J connectivity index is 1.85. The van der Waals surface area contributed by atoms with Crippen LogP contribution >= 0.6 is 0 Å². The second kappa shape index (κ2) is 6.75. The van der Waals surface area contributed by atoms with Crippen molar-refractivity contribution in [2.24, 2.45) is 0 Å². The van der Waals surface area contributed by atoms with E-state index in [1.165, 1.54) is 5.56 Å². The van der Waals surface area contributed by atoms with E-state index in [9.17, 15) is 9.90 Å². The molecule has 0 saturated heterocycles. The zero-order chi connectivity index (χ0) is 14.5. The zero-order valence-electron chi connectivity index (χ0n) is 12.3. The van der Waals surface area contributed by atoms with E-state index in [0.717, 1.165) is 30.6 Å². The number of rotatable bonds is 5. The molecule has 0 bridgehead atoms. The Kier molecular flexibility index (Phi) is 5.01. The van der Waals surface area contributed by atoms with Crippen LogP contribution in [0.5, 0.6) is 5.75 Å². The third-order valence-electron chi connectivity index (χ3n) is 3.70. The molecule has 4 heteroatoms. The lowest BCUT2D eigenvalue weighted by Gasteiger charge is -2.22. The number of carbonyl (C=O) groups excluding carboxylic acids is 1. The highest BCUT2D eigenvalue weighted by Crippen LogP contribution is 2.32. The molecular weight excluding hydrogens is 254 g/mol. The van der Waals surface area contributed by atoms with E-state index in [1.807, 2.05) is 18.2 Å². The number of benzene rings is 1. The van der Waals surface area contributed by atoms with Crippen LogP contribution in [-0.4, -0.2) is 36.6 Å². The fourth-order valence-corrected chi connectivity index (χ4v) is 2.48. The van der Waals surface area contributed by atoms with E-state index in [1.54, 1.807) is 19.0 Å². The van der Waals surface area contributed by atoms with Crippen molar-refractivity contribution in [3.8, 4) is 5.75 Å². The quantitative estimate of drug-likeness (QED) is 0.840. The Morgan fingerprint density at radius 3 is 3.00 bits per heavy atom. The van der Waals surface area contributed by atoms with Crippen molar-refractivity contribution in [1.29, 1.82) is 0 Å². The minimum atomic E-state index is -0.363. The lowest BCUT2D eigenvalue weighted by Crippen LogP contribution is -2.21. The maximum absolute atomic E-state index is 11.4. The standard InChI is InChI=1S/C16H23NO3/c1-17(2)16(19)7-4-10-20-13-9-8-12-5-3-6-15(18)14(12)11-13/h8-9,11,15,18H,3-7,10H2,1-2H3/t15-/m0/s1. The van der Waals surface area contributed by atoms with Crippen molar-refractivity contribution in [3.05, 3.63) is 29.3 Å². The van der Waals surface area contributed by atoms with Crippen molar-refractivity contribution in [3.63, 3.8) is 0 Å². The fourth-order valence-electron chi connectivity index (χ4n) is 2.48. The Labute approximate surface area is 120 Å². The van der Waals surface area contributed by atoms with Crippen LogP contribution in [0.3, 0.4) is 0 Å². The zero-order valence-corrected chi connectivity index (χ0v) is 12.3. The predicted octanol–water partition coefficient (Wildman–Crippen LogP) is 2.30. The molecule has 1 aliphatic carbocycles. The number of amides is 1. The Morgan fingerprint density at radius 1 is 1.45 bits per heavy atom. The number of carbonyl (C=O) groups is 1. The molecule has 0 unspecified atom stereocenters. The highest BCUT2D eigenvalue weighted by molar-refractivity contribution is 5.75. The first kappa shape index (κ1) is 14.9. The summed E-state index contributed by atoms with van der Waals surface area (Å²) in [4.78, 5) is 13.0. The first-order chi connectivity index (χ1) is 9.58. The van der Waals surface area contributed by atoms with Gasteiger partial charge in [0.25, 0.3) is 0 Å². The number of aliphatic hydroxyl groups is 1. The molecule has 0 aliphatic heterocycles.